The Labute approximate surface area is 143 Å². The Hall–Kier alpha value is -1.82. The summed E-state index contributed by atoms with van der Waals surface area (Å²) in [4.78, 5) is 26.9. The van der Waals surface area contributed by atoms with Gasteiger partial charge in [0.2, 0.25) is 5.91 Å². The van der Waals surface area contributed by atoms with E-state index in [-0.39, 0.29) is 11.8 Å². The maximum Gasteiger partial charge on any atom is 0.287 e. The Morgan fingerprint density at radius 2 is 2.12 bits per heavy atom. The third kappa shape index (κ3) is 3.98. The summed E-state index contributed by atoms with van der Waals surface area (Å²) in [6, 6.07) is 1.39. The number of carbonyl (C=O) groups excluding carboxylic acids is 2. The zero-order valence-corrected chi connectivity index (χ0v) is 14.4. The smallest absolute Gasteiger partial charge is 0.287 e. The molecule has 2 aliphatic heterocycles. The molecule has 0 saturated carbocycles. The van der Waals surface area contributed by atoms with Crippen LogP contribution < -0.4 is 10.6 Å². The molecule has 0 aromatic carbocycles. The van der Waals surface area contributed by atoms with Crippen molar-refractivity contribution in [1.82, 2.24) is 15.5 Å². The van der Waals surface area contributed by atoms with E-state index >= 15 is 0 Å². The first-order valence-corrected chi connectivity index (χ1v) is 9.10. The molecule has 2 fully saturated rings. The molecule has 3 heterocycles. The lowest BCUT2D eigenvalue weighted by Crippen LogP contribution is -2.45. The highest BCUT2D eigenvalue weighted by Gasteiger charge is 2.25. The molecular weight excluding hydrogens is 306 g/mol. The number of aryl methyl sites for hydroxylation is 1. The van der Waals surface area contributed by atoms with Gasteiger partial charge in [-0.25, -0.2) is 0 Å². The molecule has 1 atom stereocenters. The molecule has 6 heteroatoms. The highest BCUT2D eigenvalue weighted by molar-refractivity contribution is 5.95. The van der Waals surface area contributed by atoms with Gasteiger partial charge in [-0.2, -0.15) is 0 Å². The molecule has 2 amide bonds. The Kier molecular flexibility index (Phi) is 5.56. The topological polar surface area (TPSA) is 74.6 Å². The van der Waals surface area contributed by atoms with Crippen molar-refractivity contribution in [3.8, 4) is 0 Å². The van der Waals surface area contributed by atoms with Crippen LogP contribution in [0.3, 0.4) is 0 Å². The molecule has 0 bridgehead atoms. The first-order chi connectivity index (χ1) is 11.7. The lowest BCUT2D eigenvalue weighted by molar-refractivity contribution is -0.122. The largest absolute Gasteiger partial charge is 0.456 e. The third-order valence-corrected chi connectivity index (χ3v) is 4.87. The summed E-state index contributed by atoms with van der Waals surface area (Å²) in [5.41, 5.74) is 1.09. The monoisotopic (exact) mass is 333 g/mol. The molecule has 0 unspecified atom stereocenters. The highest BCUT2D eigenvalue weighted by Crippen LogP contribution is 2.21. The SMILES string of the molecule is CCc1oc(C(=O)N[C@H]2CCCCNC2=O)cc1CN1CCCC1. The van der Waals surface area contributed by atoms with Crippen molar-refractivity contribution in [2.75, 3.05) is 19.6 Å². The van der Waals surface area contributed by atoms with Crippen molar-refractivity contribution in [2.45, 2.75) is 58.0 Å². The lowest BCUT2D eigenvalue weighted by atomic mass is 10.1. The van der Waals surface area contributed by atoms with Gasteiger partial charge in [0.15, 0.2) is 5.76 Å². The quantitative estimate of drug-likeness (QED) is 0.862. The maximum absolute atomic E-state index is 12.5. The minimum absolute atomic E-state index is 0.0968. The minimum Gasteiger partial charge on any atom is -0.456 e. The van der Waals surface area contributed by atoms with Gasteiger partial charge in [0.1, 0.15) is 11.8 Å². The number of hydrogen-bond donors (Lipinski definition) is 2. The number of nitrogens with one attached hydrogen (secondary N) is 2. The molecule has 0 aliphatic carbocycles. The number of carbonyl (C=O) groups is 2. The van der Waals surface area contributed by atoms with Gasteiger partial charge in [-0.1, -0.05) is 6.92 Å². The fourth-order valence-electron chi connectivity index (χ4n) is 3.50. The highest BCUT2D eigenvalue weighted by atomic mass is 16.4. The number of nitrogens with zero attached hydrogens (tertiary/aromatic N) is 1. The average Bonchev–Trinajstić information content (AvgIpc) is 3.18. The summed E-state index contributed by atoms with van der Waals surface area (Å²) in [5, 5.41) is 5.66. The van der Waals surface area contributed by atoms with Crippen LogP contribution in [0.1, 0.15) is 60.9 Å². The van der Waals surface area contributed by atoms with Crippen LogP contribution in [0.4, 0.5) is 0 Å². The summed E-state index contributed by atoms with van der Waals surface area (Å²) in [6.45, 7) is 5.78. The van der Waals surface area contributed by atoms with Crippen LogP contribution in [0, 0.1) is 0 Å². The average molecular weight is 333 g/mol. The number of amides is 2. The summed E-state index contributed by atoms with van der Waals surface area (Å²) in [7, 11) is 0. The van der Waals surface area contributed by atoms with Gasteiger partial charge < -0.3 is 15.1 Å². The van der Waals surface area contributed by atoms with Gasteiger partial charge in [0.25, 0.3) is 5.91 Å². The second-order valence-corrected chi connectivity index (χ2v) is 6.71. The van der Waals surface area contributed by atoms with Gasteiger partial charge in [0, 0.05) is 25.1 Å². The van der Waals surface area contributed by atoms with E-state index in [1.165, 1.54) is 12.8 Å². The van der Waals surface area contributed by atoms with E-state index in [0.29, 0.717) is 18.7 Å². The summed E-state index contributed by atoms with van der Waals surface area (Å²) in [5.74, 6) is 0.801. The van der Waals surface area contributed by atoms with Gasteiger partial charge >= 0.3 is 0 Å². The molecule has 1 aromatic heterocycles. The molecule has 0 spiro atoms. The summed E-state index contributed by atoms with van der Waals surface area (Å²) < 4.78 is 5.77. The maximum atomic E-state index is 12.5. The van der Waals surface area contributed by atoms with E-state index in [1.54, 1.807) is 0 Å². The zero-order valence-electron chi connectivity index (χ0n) is 14.4. The predicted octanol–water partition coefficient (Wildman–Crippen LogP) is 1.84. The van der Waals surface area contributed by atoms with Crippen LogP contribution >= 0.6 is 0 Å². The number of hydrogen-bond acceptors (Lipinski definition) is 4. The zero-order chi connectivity index (χ0) is 16.9. The first kappa shape index (κ1) is 17.0. The summed E-state index contributed by atoms with van der Waals surface area (Å²) >= 11 is 0. The second-order valence-electron chi connectivity index (χ2n) is 6.71. The van der Waals surface area contributed by atoms with Crippen LogP contribution in [0.2, 0.25) is 0 Å². The molecule has 2 N–H and O–H groups in total. The van der Waals surface area contributed by atoms with Gasteiger partial charge in [0.05, 0.1) is 0 Å². The van der Waals surface area contributed by atoms with E-state index < -0.39 is 6.04 Å². The van der Waals surface area contributed by atoms with Crippen LogP contribution in [0.15, 0.2) is 10.5 Å². The van der Waals surface area contributed by atoms with Gasteiger partial charge in [-0.05, 0) is 51.3 Å². The van der Waals surface area contributed by atoms with E-state index in [9.17, 15) is 9.59 Å². The second kappa shape index (κ2) is 7.83. The minimum atomic E-state index is -0.461. The van der Waals surface area contributed by atoms with Crippen LogP contribution in [-0.2, 0) is 17.8 Å². The van der Waals surface area contributed by atoms with Crippen molar-refractivity contribution in [2.24, 2.45) is 0 Å². The normalized spacial score (nSPS) is 22.2. The molecule has 2 aliphatic rings. The molecule has 132 valence electrons. The van der Waals surface area contributed by atoms with Gasteiger partial charge in [-0.3, -0.25) is 14.5 Å². The van der Waals surface area contributed by atoms with E-state index in [4.69, 9.17) is 4.42 Å². The Bertz CT molecular complexity index is 590. The Balaban J connectivity index is 1.67. The molecule has 1 aromatic rings. The lowest BCUT2D eigenvalue weighted by Gasteiger charge is -2.14. The number of likely N-dealkylation sites (tertiary alicyclic amines) is 1. The molecule has 6 nitrogen and oxygen atoms in total. The molecule has 3 rings (SSSR count). The first-order valence-electron chi connectivity index (χ1n) is 9.10. The van der Waals surface area contributed by atoms with Crippen LogP contribution in [0.25, 0.3) is 0 Å². The molecular formula is C18H27N3O3. The van der Waals surface area contributed by atoms with Crippen molar-refractivity contribution in [3.05, 3.63) is 23.2 Å². The molecule has 24 heavy (non-hydrogen) atoms. The number of rotatable bonds is 5. The van der Waals surface area contributed by atoms with Crippen molar-refractivity contribution < 1.29 is 14.0 Å². The van der Waals surface area contributed by atoms with E-state index in [2.05, 4.69) is 15.5 Å². The van der Waals surface area contributed by atoms with E-state index in [0.717, 1.165) is 50.2 Å². The van der Waals surface area contributed by atoms with Crippen molar-refractivity contribution >= 4 is 11.8 Å². The van der Waals surface area contributed by atoms with Crippen molar-refractivity contribution in [1.29, 1.82) is 0 Å². The predicted molar refractivity (Wildman–Crippen MR) is 90.7 cm³/mol. The number of furan rings is 1. The van der Waals surface area contributed by atoms with Crippen LogP contribution in [0.5, 0.6) is 0 Å². The fraction of sp³-hybridized carbons (Fsp3) is 0.667. The Morgan fingerprint density at radius 1 is 1.33 bits per heavy atom. The standard InChI is InChI=1S/C18H27N3O3/c1-2-15-13(12-21-9-5-6-10-21)11-16(24-15)18(23)20-14-7-3-4-8-19-17(14)22/h11,14H,2-10,12H2,1H3,(H,19,22)(H,20,23)/t14-/m0/s1. The molecule has 2 saturated heterocycles. The van der Waals surface area contributed by atoms with Crippen LogP contribution in [-0.4, -0.2) is 42.4 Å². The summed E-state index contributed by atoms with van der Waals surface area (Å²) in [6.07, 6.45) is 5.81. The fourth-order valence-corrected chi connectivity index (χ4v) is 3.50. The van der Waals surface area contributed by atoms with E-state index in [1.807, 2.05) is 13.0 Å². The molecule has 0 radical (unpaired) electrons. The van der Waals surface area contributed by atoms with Crippen molar-refractivity contribution in [3.63, 3.8) is 0 Å². The third-order valence-electron chi connectivity index (χ3n) is 4.87. The Morgan fingerprint density at radius 3 is 2.88 bits per heavy atom. The van der Waals surface area contributed by atoms with Gasteiger partial charge in [-0.15, -0.1) is 0 Å².